The van der Waals surface area contributed by atoms with E-state index in [1.807, 2.05) is 11.8 Å². The number of hydrogen-bond donors (Lipinski definition) is 1. The van der Waals surface area contributed by atoms with E-state index in [-0.39, 0.29) is 11.5 Å². The van der Waals surface area contributed by atoms with Crippen LogP contribution >= 0.6 is 11.8 Å². The molecule has 0 fully saturated rings. The van der Waals surface area contributed by atoms with Gasteiger partial charge in [0.25, 0.3) is 5.69 Å². The van der Waals surface area contributed by atoms with Gasteiger partial charge in [-0.1, -0.05) is 13.8 Å². The highest BCUT2D eigenvalue weighted by Gasteiger charge is 2.32. The maximum Gasteiger partial charge on any atom is 0.271 e. The van der Waals surface area contributed by atoms with Gasteiger partial charge in [-0.25, -0.2) is 0 Å². The zero-order chi connectivity index (χ0) is 16.3. The van der Waals surface area contributed by atoms with Crippen molar-refractivity contribution < 1.29 is 9.72 Å². The molecule has 1 atom stereocenters. The van der Waals surface area contributed by atoms with Crippen molar-refractivity contribution in [3.63, 3.8) is 0 Å². The first kappa shape index (κ1) is 16.5. The van der Waals surface area contributed by atoms with Gasteiger partial charge in [-0.3, -0.25) is 14.9 Å². The van der Waals surface area contributed by atoms with Crippen LogP contribution in [0.25, 0.3) is 0 Å². The summed E-state index contributed by atoms with van der Waals surface area (Å²) in [6, 6.07) is 4.11. The lowest BCUT2D eigenvalue weighted by Crippen LogP contribution is -2.48. The maximum atomic E-state index is 12.3. The number of nitro benzene ring substituents is 1. The number of fused-ring (bicyclic) bond motifs is 1. The van der Waals surface area contributed by atoms with E-state index in [4.69, 9.17) is 5.41 Å². The van der Waals surface area contributed by atoms with Crippen molar-refractivity contribution in [2.24, 2.45) is 0 Å². The number of Topliss-reactive ketones (excluding diaryl/α,β-unsaturated/α-hetero) is 1. The Balaban J connectivity index is 2.48. The van der Waals surface area contributed by atoms with Crippen LogP contribution in [0.2, 0.25) is 0 Å². The number of nitrogens with one attached hydrogen (secondary N) is 1. The fraction of sp³-hybridized carbons (Fsp3) is 0.467. The Bertz CT molecular complexity index is 602. The molecule has 0 saturated carbocycles. The molecule has 1 heterocycles. The van der Waals surface area contributed by atoms with Gasteiger partial charge in [0.15, 0.2) is 5.78 Å². The molecule has 22 heavy (non-hydrogen) atoms. The summed E-state index contributed by atoms with van der Waals surface area (Å²) in [7, 11) is 0. The van der Waals surface area contributed by atoms with E-state index in [1.54, 1.807) is 24.8 Å². The largest absolute Gasteiger partial charge is 0.355 e. The molecule has 0 radical (unpaired) electrons. The minimum atomic E-state index is -0.614. The van der Waals surface area contributed by atoms with Crippen molar-refractivity contribution >= 4 is 34.6 Å². The van der Waals surface area contributed by atoms with Gasteiger partial charge in [-0.05, 0) is 12.5 Å². The molecule has 1 aromatic rings. The van der Waals surface area contributed by atoms with Crippen molar-refractivity contribution in [2.45, 2.75) is 37.6 Å². The highest BCUT2D eigenvalue weighted by molar-refractivity contribution is 7.99. The summed E-state index contributed by atoms with van der Waals surface area (Å²) < 4.78 is 0. The SMILES string of the molecule is CCC(=N)C(C(=O)CC)N1CCSc2ccc([N+](=O)[O-])cc21. The van der Waals surface area contributed by atoms with E-state index in [0.717, 1.165) is 10.6 Å². The predicted molar refractivity (Wildman–Crippen MR) is 88.3 cm³/mol. The number of nitro groups is 1. The van der Waals surface area contributed by atoms with Crippen LogP contribution in [0.4, 0.5) is 11.4 Å². The van der Waals surface area contributed by atoms with Crippen LogP contribution in [-0.4, -0.2) is 34.8 Å². The molecule has 2 rings (SSSR count). The Labute approximate surface area is 133 Å². The monoisotopic (exact) mass is 321 g/mol. The number of hydrogen-bond acceptors (Lipinski definition) is 6. The molecule has 1 unspecified atom stereocenters. The lowest BCUT2D eigenvalue weighted by atomic mass is 10.00. The molecule has 0 aromatic heterocycles. The Morgan fingerprint density at radius 1 is 1.45 bits per heavy atom. The van der Waals surface area contributed by atoms with Gasteiger partial charge in [0, 0.05) is 41.5 Å². The summed E-state index contributed by atoms with van der Waals surface area (Å²) in [6.07, 6.45) is 0.839. The Hall–Kier alpha value is -1.89. The van der Waals surface area contributed by atoms with Crippen LogP contribution < -0.4 is 4.90 Å². The Morgan fingerprint density at radius 2 is 2.18 bits per heavy atom. The number of nitrogens with zero attached hydrogens (tertiary/aromatic N) is 2. The van der Waals surface area contributed by atoms with Gasteiger partial charge in [-0.2, -0.15) is 0 Å². The molecule has 7 heteroatoms. The number of anilines is 1. The van der Waals surface area contributed by atoms with E-state index < -0.39 is 11.0 Å². The van der Waals surface area contributed by atoms with E-state index in [9.17, 15) is 14.9 Å². The van der Waals surface area contributed by atoms with Crippen LogP contribution in [0.5, 0.6) is 0 Å². The van der Waals surface area contributed by atoms with Gasteiger partial charge in [0.1, 0.15) is 6.04 Å². The predicted octanol–water partition coefficient (Wildman–Crippen LogP) is 3.28. The summed E-state index contributed by atoms with van der Waals surface area (Å²) in [6.45, 7) is 4.24. The molecule has 6 nitrogen and oxygen atoms in total. The Morgan fingerprint density at radius 3 is 2.77 bits per heavy atom. The quantitative estimate of drug-likeness (QED) is 0.493. The van der Waals surface area contributed by atoms with Crippen LogP contribution in [0.15, 0.2) is 23.1 Å². The topological polar surface area (TPSA) is 87.3 Å². The maximum absolute atomic E-state index is 12.3. The molecular weight excluding hydrogens is 302 g/mol. The number of ketones is 1. The third-order valence-electron chi connectivity index (χ3n) is 3.73. The average molecular weight is 321 g/mol. The van der Waals surface area contributed by atoms with Gasteiger partial charge < -0.3 is 10.3 Å². The molecule has 0 saturated heterocycles. The molecule has 0 spiro atoms. The van der Waals surface area contributed by atoms with Crippen LogP contribution in [0, 0.1) is 15.5 Å². The lowest BCUT2D eigenvalue weighted by molar-refractivity contribution is -0.384. The fourth-order valence-corrected chi connectivity index (χ4v) is 3.55. The van der Waals surface area contributed by atoms with Gasteiger partial charge in [0.2, 0.25) is 0 Å². The second kappa shape index (κ2) is 6.91. The third kappa shape index (κ3) is 3.14. The van der Waals surface area contributed by atoms with E-state index >= 15 is 0 Å². The molecule has 0 bridgehead atoms. The zero-order valence-corrected chi connectivity index (χ0v) is 13.5. The zero-order valence-electron chi connectivity index (χ0n) is 12.7. The molecule has 1 N–H and O–H groups in total. The van der Waals surface area contributed by atoms with Gasteiger partial charge in [-0.15, -0.1) is 11.8 Å². The normalized spacial score (nSPS) is 15.1. The second-order valence-electron chi connectivity index (χ2n) is 5.05. The minimum absolute atomic E-state index is 0.0111. The van der Waals surface area contributed by atoms with Crippen LogP contribution in [-0.2, 0) is 4.79 Å². The fourth-order valence-electron chi connectivity index (χ4n) is 2.55. The number of carbonyl (C=O) groups is 1. The van der Waals surface area contributed by atoms with Crippen LogP contribution in [0.3, 0.4) is 0 Å². The van der Waals surface area contributed by atoms with E-state index in [0.29, 0.717) is 30.8 Å². The van der Waals surface area contributed by atoms with Gasteiger partial charge in [0.05, 0.1) is 10.6 Å². The highest BCUT2D eigenvalue weighted by Crippen LogP contribution is 2.38. The number of rotatable bonds is 6. The standard InChI is InChI=1S/C15H19N3O3S/c1-3-11(16)15(13(19)4-2)17-7-8-22-14-6-5-10(18(20)21)9-12(14)17/h5-6,9,15-16H,3-4,7-8H2,1-2H3. The molecular formula is C15H19N3O3S. The number of benzene rings is 1. The second-order valence-corrected chi connectivity index (χ2v) is 6.19. The molecule has 118 valence electrons. The van der Waals surface area contributed by atoms with Crippen molar-refractivity contribution in [1.29, 1.82) is 5.41 Å². The van der Waals surface area contributed by atoms with E-state index in [1.165, 1.54) is 12.1 Å². The van der Waals surface area contributed by atoms with E-state index in [2.05, 4.69) is 0 Å². The molecule has 0 aliphatic carbocycles. The summed E-state index contributed by atoms with van der Waals surface area (Å²) >= 11 is 1.62. The average Bonchev–Trinajstić information content (AvgIpc) is 2.54. The smallest absolute Gasteiger partial charge is 0.271 e. The van der Waals surface area contributed by atoms with Crippen LogP contribution in [0.1, 0.15) is 26.7 Å². The molecule has 1 aromatic carbocycles. The highest BCUT2D eigenvalue weighted by atomic mass is 32.2. The number of carbonyl (C=O) groups excluding carboxylic acids is 1. The Kier molecular flexibility index (Phi) is 5.18. The summed E-state index contributed by atoms with van der Waals surface area (Å²) in [5.41, 5.74) is 1.06. The number of non-ortho nitro benzene ring substituents is 1. The number of thioether (sulfide) groups is 1. The minimum Gasteiger partial charge on any atom is -0.355 e. The molecule has 1 aliphatic rings. The molecule has 1 aliphatic heterocycles. The lowest BCUT2D eigenvalue weighted by Gasteiger charge is -2.36. The van der Waals surface area contributed by atoms with Crippen molar-refractivity contribution in [3.8, 4) is 0 Å². The first-order valence-electron chi connectivity index (χ1n) is 7.27. The summed E-state index contributed by atoms with van der Waals surface area (Å²) in [5.74, 6) is 0.783. The first-order valence-corrected chi connectivity index (χ1v) is 8.26. The molecule has 0 amide bonds. The van der Waals surface area contributed by atoms with Gasteiger partial charge >= 0.3 is 0 Å². The first-order chi connectivity index (χ1) is 10.5. The van der Waals surface area contributed by atoms with Crippen molar-refractivity contribution in [2.75, 3.05) is 17.2 Å². The summed E-state index contributed by atoms with van der Waals surface area (Å²) in [4.78, 5) is 25.7. The van der Waals surface area contributed by atoms with Crippen molar-refractivity contribution in [3.05, 3.63) is 28.3 Å². The summed E-state index contributed by atoms with van der Waals surface area (Å²) in [5, 5.41) is 19.2. The van der Waals surface area contributed by atoms with Crippen molar-refractivity contribution in [1.82, 2.24) is 0 Å². The third-order valence-corrected chi connectivity index (χ3v) is 4.77.